The highest BCUT2D eigenvalue weighted by Crippen LogP contribution is 2.37. The average molecular weight is 267 g/mol. The topological polar surface area (TPSA) is 43.8 Å². The fraction of sp³-hybridized carbons (Fsp3) is 0.0625. The van der Waals surface area contributed by atoms with Gasteiger partial charge in [-0.05, 0) is 47.5 Å². The first-order valence-electron chi connectivity index (χ1n) is 6.28. The summed E-state index contributed by atoms with van der Waals surface area (Å²) in [5, 5.41) is 0. The van der Waals surface area contributed by atoms with Crippen LogP contribution in [-0.4, -0.2) is 9.55 Å². The van der Waals surface area contributed by atoms with Crippen molar-refractivity contribution in [1.82, 2.24) is 9.55 Å². The number of pyridine rings is 1. The summed E-state index contributed by atoms with van der Waals surface area (Å²) in [5.74, 6) is -0.249. The fourth-order valence-electron chi connectivity index (χ4n) is 2.43. The van der Waals surface area contributed by atoms with Crippen molar-refractivity contribution >= 4 is 5.69 Å². The summed E-state index contributed by atoms with van der Waals surface area (Å²) >= 11 is 0. The molecule has 0 aliphatic heterocycles. The van der Waals surface area contributed by atoms with Gasteiger partial charge in [-0.15, -0.1) is 0 Å². The third-order valence-corrected chi connectivity index (χ3v) is 3.30. The van der Waals surface area contributed by atoms with E-state index in [-0.39, 0.29) is 5.82 Å². The second kappa shape index (κ2) is 4.81. The maximum absolute atomic E-state index is 13.1. The molecule has 0 fully saturated rings. The Hall–Kier alpha value is -2.62. The van der Waals surface area contributed by atoms with Gasteiger partial charge in [-0.25, -0.2) is 4.39 Å². The van der Waals surface area contributed by atoms with Crippen molar-refractivity contribution in [2.45, 2.75) is 0 Å². The maximum atomic E-state index is 13.1. The number of nitrogens with two attached hydrogens (primary N) is 1. The molecule has 20 heavy (non-hydrogen) atoms. The molecule has 0 unspecified atom stereocenters. The number of rotatable bonds is 2. The molecule has 1 aromatic carbocycles. The third kappa shape index (κ3) is 2.05. The highest BCUT2D eigenvalue weighted by atomic mass is 19.1. The van der Waals surface area contributed by atoms with Gasteiger partial charge in [-0.1, -0.05) is 0 Å². The van der Waals surface area contributed by atoms with E-state index in [0.29, 0.717) is 5.69 Å². The zero-order chi connectivity index (χ0) is 14.1. The van der Waals surface area contributed by atoms with Crippen LogP contribution in [0.5, 0.6) is 0 Å². The molecule has 0 atom stereocenters. The molecule has 3 nitrogen and oxygen atoms in total. The minimum absolute atomic E-state index is 0.249. The van der Waals surface area contributed by atoms with Gasteiger partial charge in [0.25, 0.3) is 0 Å². The van der Waals surface area contributed by atoms with Crippen LogP contribution in [0, 0.1) is 5.82 Å². The predicted molar refractivity (Wildman–Crippen MR) is 78.5 cm³/mol. The molecular formula is C16H14FN3. The van der Waals surface area contributed by atoms with Gasteiger partial charge in [0.05, 0.1) is 11.4 Å². The smallest absolute Gasteiger partial charge is 0.123 e. The van der Waals surface area contributed by atoms with Gasteiger partial charge in [0.15, 0.2) is 0 Å². The molecule has 0 aliphatic rings. The lowest BCUT2D eigenvalue weighted by Crippen LogP contribution is -1.92. The van der Waals surface area contributed by atoms with E-state index in [0.717, 1.165) is 22.4 Å². The molecular weight excluding hydrogens is 253 g/mol. The first kappa shape index (κ1) is 12.4. The second-order valence-electron chi connectivity index (χ2n) is 4.66. The van der Waals surface area contributed by atoms with Crippen LogP contribution in [0.4, 0.5) is 10.1 Å². The summed E-state index contributed by atoms with van der Waals surface area (Å²) in [6.07, 6.45) is 5.33. The molecule has 2 heterocycles. The largest absolute Gasteiger partial charge is 0.397 e. The van der Waals surface area contributed by atoms with E-state index in [2.05, 4.69) is 4.98 Å². The number of aryl methyl sites for hydroxylation is 1. The highest BCUT2D eigenvalue weighted by molar-refractivity contribution is 5.90. The van der Waals surface area contributed by atoms with Crippen LogP contribution < -0.4 is 5.73 Å². The summed E-state index contributed by atoms with van der Waals surface area (Å²) in [5.41, 5.74) is 10.7. The molecule has 0 radical (unpaired) electrons. The number of anilines is 1. The first-order valence-corrected chi connectivity index (χ1v) is 6.28. The normalized spacial score (nSPS) is 10.7. The SMILES string of the molecule is Cn1cc(N)c(-c2ccncc2)c1-c1ccc(F)cc1. The summed E-state index contributed by atoms with van der Waals surface area (Å²) in [7, 11) is 1.93. The number of hydrogen-bond donors (Lipinski definition) is 1. The Labute approximate surface area is 116 Å². The number of nitrogens with zero attached hydrogens (tertiary/aromatic N) is 2. The van der Waals surface area contributed by atoms with Crippen molar-refractivity contribution in [3.63, 3.8) is 0 Å². The van der Waals surface area contributed by atoms with Crippen LogP contribution in [0.15, 0.2) is 55.0 Å². The molecule has 3 aromatic rings. The molecule has 2 aromatic heterocycles. The van der Waals surface area contributed by atoms with Gasteiger partial charge in [0, 0.05) is 31.2 Å². The van der Waals surface area contributed by atoms with Gasteiger partial charge < -0.3 is 10.3 Å². The van der Waals surface area contributed by atoms with Gasteiger partial charge >= 0.3 is 0 Å². The molecule has 100 valence electrons. The van der Waals surface area contributed by atoms with Crippen molar-refractivity contribution in [2.75, 3.05) is 5.73 Å². The lowest BCUT2D eigenvalue weighted by molar-refractivity contribution is 0.628. The van der Waals surface area contributed by atoms with Crippen molar-refractivity contribution in [3.8, 4) is 22.4 Å². The van der Waals surface area contributed by atoms with Gasteiger partial charge in [0.1, 0.15) is 5.82 Å². The molecule has 4 heteroatoms. The van der Waals surface area contributed by atoms with E-state index in [1.54, 1.807) is 24.5 Å². The van der Waals surface area contributed by atoms with Gasteiger partial charge in [0.2, 0.25) is 0 Å². The standard InChI is InChI=1S/C16H14FN3/c1-20-10-14(18)15(11-6-8-19-9-7-11)16(20)12-2-4-13(17)5-3-12/h2-10H,18H2,1H3. The van der Waals surface area contributed by atoms with Crippen molar-refractivity contribution < 1.29 is 4.39 Å². The average Bonchev–Trinajstić information content (AvgIpc) is 2.75. The van der Waals surface area contributed by atoms with E-state index in [1.807, 2.05) is 29.9 Å². The summed E-state index contributed by atoms with van der Waals surface area (Å²) in [6.45, 7) is 0. The van der Waals surface area contributed by atoms with E-state index >= 15 is 0 Å². The molecule has 3 rings (SSSR count). The van der Waals surface area contributed by atoms with Crippen molar-refractivity contribution in [2.24, 2.45) is 7.05 Å². The summed E-state index contributed by atoms with van der Waals surface area (Å²) in [6, 6.07) is 10.3. The Morgan fingerprint density at radius 2 is 1.65 bits per heavy atom. The Bertz CT molecular complexity index is 730. The van der Waals surface area contributed by atoms with Crippen LogP contribution in [0.1, 0.15) is 0 Å². The zero-order valence-electron chi connectivity index (χ0n) is 11.0. The number of aromatic nitrogens is 2. The lowest BCUT2D eigenvalue weighted by atomic mass is 10.0. The van der Waals surface area contributed by atoms with E-state index < -0.39 is 0 Å². The molecule has 2 N–H and O–H groups in total. The van der Waals surface area contributed by atoms with Crippen LogP contribution >= 0.6 is 0 Å². The lowest BCUT2D eigenvalue weighted by Gasteiger charge is -2.08. The minimum Gasteiger partial charge on any atom is -0.397 e. The van der Waals surface area contributed by atoms with Crippen LogP contribution in [0.3, 0.4) is 0 Å². The van der Waals surface area contributed by atoms with E-state index in [4.69, 9.17) is 5.73 Å². The summed E-state index contributed by atoms with van der Waals surface area (Å²) < 4.78 is 15.0. The Morgan fingerprint density at radius 3 is 2.30 bits per heavy atom. The Balaban J connectivity index is 2.23. The minimum atomic E-state index is -0.249. The van der Waals surface area contributed by atoms with Crippen molar-refractivity contribution in [1.29, 1.82) is 0 Å². The Kier molecular flexibility index (Phi) is 2.99. The highest BCUT2D eigenvalue weighted by Gasteiger charge is 2.15. The van der Waals surface area contributed by atoms with Crippen LogP contribution in [-0.2, 0) is 7.05 Å². The quantitative estimate of drug-likeness (QED) is 0.772. The van der Waals surface area contributed by atoms with Gasteiger partial charge in [-0.2, -0.15) is 0 Å². The van der Waals surface area contributed by atoms with Gasteiger partial charge in [-0.3, -0.25) is 4.98 Å². The number of hydrogen-bond acceptors (Lipinski definition) is 2. The predicted octanol–water partition coefficient (Wildman–Crippen LogP) is 3.48. The zero-order valence-corrected chi connectivity index (χ0v) is 11.0. The third-order valence-electron chi connectivity index (χ3n) is 3.30. The molecule has 0 saturated heterocycles. The Morgan fingerprint density at radius 1 is 1.00 bits per heavy atom. The van der Waals surface area contributed by atoms with Crippen molar-refractivity contribution in [3.05, 3.63) is 60.8 Å². The van der Waals surface area contributed by atoms with E-state index in [9.17, 15) is 4.39 Å². The van der Waals surface area contributed by atoms with E-state index in [1.165, 1.54) is 12.1 Å². The van der Waals surface area contributed by atoms with Crippen LogP contribution in [0.2, 0.25) is 0 Å². The number of benzene rings is 1. The molecule has 0 amide bonds. The fourth-order valence-corrected chi connectivity index (χ4v) is 2.43. The second-order valence-corrected chi connectivity index (χ2v) is 4.66. The number of nitrogen functional groups attached to an aromatic ring is 1. The monoisotopic (exact) mass is 267 g/mol. The molecule has 0 bridgehead atoms. The number of halogens is 1. The molecule has 0 saturated carbocycles. The molecule has 0 spiro atoms. The molecule has 0 aliphatic carbocycles. The maximum Gasteiger partial charge on any atom is 0.123 e. The van der Waals surface area contributed by atoms with Crippen LogP contribution in [0.25, 0.3) is 22.4 Å². The first-order chi connectivity index (χ1) is 9.66. The summed E-state index contributed by atoms with van der Waals surface area (Å²) in [4.78, 5) is 4.02.